The Morgan fingerprint density at radius 3 is 2.38 bits per heavy atom. The zero-order valence-electron chi connectivity index (χ0n) is 12.9. The van der Waals surface area contributed by atoms with Gasteiger partial charge in [0, 0.05) is 12.6 Å². The number of hydrogen-bond acceptors (Lipinski definition) is 3. The van der Waals surface area contributed by atoms with E-state index in [1.165, 1.54) is 12.8 Å². The molecule has 118 valence electrons. The summed E-state index contributed by atoms with van der Waals surface area (Å²) in [5.41, 5.74) is 1.15. The van der Waals surface area contributed by atoms with Crippen molar-refractivity contribution in [2.45, 2.75) is 50.5 Å². The minimum absolute atomic E-state index is 0.360. The van der Waals surface area contributed by atoms with E-state index in [4.69, 9.17) is 0 Å². The van der Waals surface area contributed by atoms with Crippen LogP contribution in [0.25, 0.3) is 0 Å². The first kappa shape index (κ1) is 16.5. The van der Waals surface area contributed by atoms with E-state index in [0.29, 0.717) is 17.5 Å². The second-order valence-corrected chi connectivity index (χ2v) is 7.90. The van der Waals surface area contributed by atoms with Crippen molar-refractivity contribution in [2.24, 2.45) is 5.92 Å². The Morgan fingerprint density at radius 1 is 1.14 bits per heavy atom. The average molecular weight is 310 g/mol. The van der Waals surface area contributed by atoms with Gasteiger partial charge in [-0.05, 0) is 43.0 Å². The van der Waals surface area contributed by atoms with Crippen molar-refractivity contribution in [1.29, 1.82) is 0 Å². The summed E-state index contributed by atoms with van der Waals surface area (Å²) in [5.74, 6) is 0.739. The van der Waals surface area contributed by atoms with Crippen LogP contribution < -0.4 is 10.0 Å². The van der Waals surface area contributed by atoms with Crippen LogP contribution in [0.1, 0.15) is 38.7 Å². The molecule has 2 rings (SSSR count). The SMILES string of the molecule is CC(C)NCCc1ccc(S(=O)(=O)NCCC2CC2)cc1. The van der Waals surface area contributed by atoms with Gasteiger partial charge in [0.05, 0.1) is 4.90 Å². The molecule has 0 aromatic heterocycles. The molecule has 0 saturated heterocycles. The molecule has 0 bridgehead atoms. The Kier molecular flexibility index (Phi) is 5.79. The lowest BCUT2D eigenvalue weighted by molar-refractivity contribution is 0.575. The molecule has 4 nitrogen and oxygen atoms in total. The van der Waals surface area contributed by atoms with E-state index in [1.54, 1.807) is 12.1 Å². The van der Waals surface area contributed by atoms with E-state index in [9.17, 15) is 8.42 Å². The van der Waals surface area contributed by atoms with Gasteiger partial charge in [0.25, 0.3) is 0 Å². The van der Waals surface area contributed by atoms with Crippen LogP contribution >= 0.6 is 0 Å². The van der Waals surface area contributed by atoms with E-state index >= 15 is 0 Å². The molecule has 0 unspecified atom stereocenters. The maximum absolute atomic E-state index is 12.1. The summed E-state index contributed by atoms with van der Waals surface area (Å²) >= 11 is 0. The molecular formula is C16H26N2O2S. The van der Waals surface area contributed by atoms with Crippen molar-refractivity contribution in [3.05, 3.63) is 29.8 Å². The molecule has 21 heavy (non-hydrogen) atoms. The van der Waals surface area contributed by atoms with E-state index in [2.05, 4.69) is 23.9 Å². The van der Waals surface area contributed by atoms with Crippen LogP contribution in [0.15, 0.2) is 29.2 Å². The monoisotopic (exact) mass is 310 g/mol. The van der Waals surface area contributed by atoms with Crippen molar-refractivity contribution in [3.63, 3.8) is 0 Å². The Hall–Kier alpha value is -0.910. The quantitative estimate of drug-likeness (QED) is 0.736. The number of rotatable bonds is 9. The lowest BCUT2D eigenvalue weighted by Crippen LogP contribution is -2.25. The molecule has 1 aliphatic carbocycles. The van der Waals surface area contributed by atoms with E-state index in [0.717, 1.165) is 30.9 Å². The normalized spacial score (nSPS) is 15.6. The third-order valence-corrected chi connectivity index (χ3v) is 5.22. The summed E-state index contributed by atoms with van der Waals surface area (Å²) < 4.78 is 26.9. The highest BCUT2D eigenvalue weighted by Gasteiger charge is 2.22. The molecule has 0 spiro atoms. The fraction of sp³-hybridized carbons (Fsp3) is 0.625. The van der Waals surface area contributed by atoms with Gasteiger partial charge >= 0.3 is 0 Å². The molecule has 5 heteroatoms. The van der Waals surface area contributed by atoms with Crippen LogP contribution in [0.4, 0.5) is 0 Å². The van der Waals surface area contributed by atoms with E-state index in [-0.39, 0.29) is 0 Å². The molecule has 1 aliphatic rings. The Morgan fingerprint density at radius 2 is 1.81 bits per heavy atom. The first-order valence-electron chi connectivity index (χ1n) is 7.79. The predicted molar refractivity (Wildman–Crippen MR) is 85.8 cm³/mol. The number of benzene rings is 1. The van der Waals surface area contributed by atoms with Crippen LogP contribution in [0, 0.1) is 5.92 Å². The van der Waals surface area contributed by atoms with Crippen molar-refractivity contribution in [2.75, 3.05) is 13.1 Å². The van der Waals surface area contributed by atoms with Crippen LogP contribution in [0.2, 0.25) is 0 Å². The van der Waals surface area contributed by atoms with Gasteiger partial charge in [0.15, 0.2) is 0 Å². The van der Waals surface area contributed by atoms with Crippen LogP contribution in [-0.2, 0) is 16.4 Å². The van der Waals surface area contributed by atoms with Gasteiger partial charge in [-0.3, -0.25) is 0 Å². The van der Waals surface area contributed by atoms with Crippen LogP contribution in [-0.4, -0.2) is 27.5 Å². The molecule has 0 atom stereocenters. The number of nitrogens with one attached hydrogen (secondary N) is 2. The number of sulfonamides is 1. The van der Waals surface area contributed by atoms with Crippen LogP contribution in [0.5, 0.6) is 0 Å². The van der Waals surface area contributed by atoms with Gasteiger partial charge in [-0.2, -0.15) is 0 Å². The van der Waals surface area contributed by atoms with Gasteiger partial charge in [-0.1, -0.05) is 38.8 Å². The lowest BCUT2D eigenvalue weighted by atomic mass is 10.1. The molecule has 0 aliphatic heterocycles. The van der Waals surface area contributed by atoms with E-state index < -0.39 is 10.0 Å². The minimum atomic E-state index is -3.34. The van der Waals surface area contributed by atoms with Crippen molar-refractivity contribution < 1.29 is 8.42 Å². The molecule has 0 radical (unpaired) electrons. The first-order valence-corrected chi connectivity index (χ1v) is 9.27. The van der Waals surface area contributed by atoms with Crippen molar-refractivity contribution >= 4 is 10.0 Å². The molecular weight excluding hydrogens is 284 g/mol. The molecule has 1 saturated carbocycles. The summed E-state index contributed by atoms with van der Waals surface area (Å²) in [6.45, 7) is 5.68. The minimum Gasteiger partial charge on any atom is -0.314 e. The van der Waals surface area contributed by atoms with Gasteiger partial charge in [-0.15, -0.1) is 0 Å². The highest BCUT2D eigenvalue weighted by atomic mass is 32.2. The average Bonchev–Trinajstić information content (AvgIpc) is 3.23. The van der Waals surface area contributed by atoms with Gasteiger partial charge < -0.3 is 5.32 Å². The molecule has 1 aromatic rings. The Balaban J connectivity index is 1.84. The lowest BCUT2D eigenvalue weighted by Gasteiger charge is -2.09. The zero-order chi connectivity index (χ0) is 15.3. The molecule has 0 heterocycles. The first-order chi connectivity index (χ1) is 9.97. The second kappa shape index (κ2) is 7.38. The highest BCUT2D eigenvalue weighted by molar-refractivity contribution is 7.89. The zero-order valence-corrected chi connectivity index (χ0v) is 13.7. The third kappa shape index (κ3) is 5.77. The summed E-state index contributed by atoms with van der Waals surface area (Å²) in [7, 11) is -3.34. The van der Waals surface area contributed by atoms with Crippen molar-refractivity contribution in [3.8, 4) is 0 Å². The summed E-state index contributed by atoms with van der Waals surface area (Å²) in [4.78, 5) is 0.360. The fourth-order valence-electron chi connectivity index (χ4n) is 2.23. The fourth-order valence-corrected chi connectivity index (χ4v) is 3.28. The van der Waals surface area contributed by atoms with Crippen LogP contribution in [0.3, 0.4) is 0 Å². The van der Waals surface area contributed by atoms with Gasteiger partial charge in [0.1, 0.15) is 0 Å². The Bertz CT molecular complexity index is 534. The topological polar surface area (TPSA) is 58.2 Å². The maximum atomic E-state index is 12.1. The molecule has 1 fully saturated rings. The summed E-state index contributed by atoms with van der Waals surface area (Å²) in [5, 5.41) is 3.35. The van der Waals surface area contributed by atoms with Gasteiger partial charge in [0.2, 0.25) is 10.0 Å². The van der Waals surface area contributed by atoms with E-state index in [1.807, 2.05) is 12.1 Å². The Labute approximate surface area is 128 Å². The standard InChI is InChI=1S/C16H26N2O2S/c1-13(2)17-11-9-15-5-7-16(8-6-15)21(19,20)18-12-10-14-3-4-14/h5-8,13-14,17-18H,3-4,9-12H2,1-2H3. The number of hydrogen-bond donors (Lipinski definition) is 2. The third-order valence-electron chi connectivity index (χ3n) is 3.74. The van der Waals surface area contributed by atoms with Crippen molar-refractivity contribution in [1.82, 2.24) is 10.0 Å². The van der Waals surface area contributed by atoms with Gasteiger partial charge in [-0.25, -0.2) is 13.1 Å². The second-order valence-electron chi connectivity index (χ2n) is 6.13. The smallest absolute Gasteiger partial charge is 0.240 e. The largest absolute Gasteiger partial charge is 0.314 e. The molecule has 0 amide bonds. The highest BCUT2D eigenvalue weighted by Crippen LogP contribution is 2.31. The predicted octanol–water partition coefficient (Wildman–Crippen LogP) is 2.31. The summed E-state index contributed by atoms with van der Waals surface area (Å²) in [6, 6.07) is 7.67. The molecule has 2 N–H and O–H groups in total. The molecule has 1 aromatic carbocycles. The maximum Gasteiger partial charge on any atom is 0.240 e. The summed E-state index contributed by atoms with van der Waals surface area (Å²) in [6.07, 6.45) is 4.37.